The number of non-ortho nitro benzene ring substituents is 1. The van der Waals surface area contributed by atoms with Gasteiger partial charge in [-0.2, -0.15) is 5.10 Å². The summed E-state index contributed by atoms with van der Waals surface area (Å²) in [6.07, 6.45) is 1.51. The van der Waals surface area contributed by atoms with Crippen LogP contribution in [0.2, 0.25) is 0 Å². The molecule has 172 valence electrons. The number of aromatic nitrogens is 2. The van der Waals surface area contributed by atoms with Crippen LogP contribution >= 0.6 is 0 Å². The van der Waals surface area contributed by atoms with Crippen molar-refractivity contribution >= 4 is 17.3 Å². The van der Waals surface area contributed by atoms with Crippen molar-refractivity contribution in [2.45, 2.75) is 0 Å². The fraction of sp³-hybridized carbons (Fsp3) is 0.167. The zero-order chi connectivity index (χ0) is 23.7. The summed E-state index contributed by atoms with van der Waals surface area (Å²) in [7, 11) is 0. The molecule has 1 saturated heterocycles. The van der Waals surface area contributed by atoms with Crippen molar-refractivity contribution in [3.63, 3.8) is 0 Å². The Kier molecular flexibility index (Phi) is 5.54. The van der Waals surface area contributed by atoms with Crippen LogP contribution in [0.3, 0.4) is 0 Å². The standard InChI is InChI=1S/C24H20FN5O4/c25-19-7-1-2-8-21(19)27-10-12-28(13-11-27)24(31)22-16-20(23-9-4-14-34-23)26-29(22)17-5-3-6-18(15-17)30(32)33/h1-9,14-16H,10-13H2. The molecule has 4 aromatic rings. The minimum atomic E-state index is -0.496. The van der Waals surface area contributed by atoms with E-state index in [0.717, 1.165) is 0 Å². The minimum Gasteiger partial charge on any atom is -0.463 e. The van der Waals surface area contributed by atoms with Crippen LogP contribution in [0.15, 0.2) is 77.4 Å². The summed E-state index contributed by atoms with van der Waals surface area (Å²) >= 11 is 0. The summed E-state index contributed by atoms with van der Waals surface area (Å²) in [5, 5.41) is 15.8. The second kappa shape index (κ2) is 8.81. The summed E-state index contributed by atoms with van der Waals surface area (Å²) in [6.45, 7) is 1.73. The number of rotatable bonds is 5. The van der Waals surface area contributed by atoms with Crippen molar-refractivity contribution in [3.05, 3.63) is 94.6 Å². The molecule has 2 aromatic carbocycles. The smallest absolute Gasteiger partial charge is 0.272 e. The number of hydrogen-bond donors (Lipinski definition) is 0. The molecule has 1 fully saturated rings. The zero-order valence-electron chi connectivity index (χ0n) is 18.0. The highest BCUT2D eigenvalue weighted by molar-refractivity contribution is 5.94. The van der Waals surface area contributed by atoms with Gasteiger partial charge in [0.05, 0.1) is 22.6 Å². The maximum absolute atomic E-state index is 14.2. The summed E-state index contributed by atoms with van der Waals surface area (Å²) in [6, 6.07) is 17.6. The molecular formula is C24H20FN5O4. The Morgan fingerprint density at radius 2 is 1.79 bits per heavy atom. The number of anilines is 1. The summed E-state index contributed by atoms with van der Waals surface area (Å²) in [4.78, 5) is 27.9. The number of hydrogen-bond acceptors (Lipinski definition) is 6. The Labute approximate surface area is 193 Å². The van der Waals surface area contributed by atoms with Gasteiger partial charge in [-0.05, 0) is 30.3 Å². The topological polar surface area (TPSA) is 97.6 Å². The first-order valence-corrected chi connectivity index (χ1v) is 10.7. The lowest BCUT2D eigenvalue weighted by molar-refractivity contribution is -0.384. The summed E-state index contributed by atoms with van der Waals surface area (Å²) in [5.74, 6) is -0.0956. The molecule has 1 aliphatic rings. The molecule has 2 aromatic heterocycles. The maximum atomic E-state index is 14.2. The number of carbonyl (C=O) groups excluding carboxylic acids is 1. The number of nitro benzene ring substituents is 1. The van der Waals surface area contributed by atoms with Gasteiger partial charge in [-0.1, -0.05) is 18.2 Å². The van der Waals surface area contributed by atoms with E-state index in [-0.39, 0.29) is 23.1 Å². The highest BCUT2D eigenvalue weighted by atomic mass is 19.1. The number of benzene rings is 2. The van der Waals surface area contributed by atoms with Crippen LogP contribution in [0.5, 0.6) is 0 Å². The van der Waals surface area contributed by atoms with Gasteiger partial charge in [-0.3, -0.25) is 14.9 Å². The maximum Gasteiger partial charge on any atom is 0.272 e. The van der Waals surface area contributed by atoms with Crippen LogP contribution in [0.1, 0.15) is 10.5 Å². The van der Waals surface area contributed by atoms with E-state index in [1.807, 2.05) is 4.90 Å². The molecule has 0 unspecified atom stereocenters. The van der Waals surface area contributed by atoms with Crippen molar-refractivity contribution in [3.8, 4) is 17.1 Å². The van der Waals surface area contributed by atoms with Gasteiger partial charge in [0.15, 0.2) is 5.76 Å². The van der Waals surface area contributed by atoms with Gasteiger partial charge in [0.2, 0.25) is 0 Å². The number of amides is 1. The number of halogens is 1. The largest absolute Gasteiger partial charge is 0.463 e. The Morgan fingerprint density at radius 3 is 2.50 bits per heavy atom. The van der Waals surface area contributed by atoms with Crippen LogP contribution in [0.4, 0.5) is 15.8 Å². The molecule has 1 amide bonds. The normalized spacial score (nSPS) is 13.8. The van der Waals surface area contributed by atoms with E-state index in [1.165, 1.54) is 29.1 Å². The van der Waals surface area contributed by atoms with Gasteiger partial charge in [-0.15, -0.1) is 0 Å². The van der Waals surface area contributed by atoms with Crippen LogP contribution in [0, 0.1) is 15.9 Å². The molecule has 0 saturated carbocycles. The fourth-order valence-electron chi connectivity index (χ4n) is 4.03. The molecule has 34 heavy (non-hydrogen) atoms. The van der Waals surface area contributed by atoms with Crippen molar-refractivity contribution in [2.24, 2.45) is 0 Å². The van der Waals surface area contributed by atoms with E-state index in [9.17, 15) is 19.3 Å². The molecular weight excluding hydrogens is 441 g/mol. The van der Waals surface area contributed by atoms with E-state index in [0.29, 0.717) is 49.0 Å². The summed E-state index contributed by atoms with van der Waals surface area (Å²) in [5.41, 5.74) is 1.48. The van der Waals surface area contributed by atoms with Crippen LogP contribution in [0.25, 0.3) is 17.1 Å². The molecule has 5 rings (SSSR count). The second-order valence-electron chi connectivity index (χ2n) is 7.81. The van der Waals surface area contributed by atoms with Crippen molar-refractivity contribution < 1.29 is 18.5 Å². The molecule has 0 atom stereocenters. The highest BCUT2D eigenvalue weighted by Crippen LogP contribution is 2.26. The van der Waals surface area contributed by atoms with Crippen molar-refractivity contribution in [1.82, 2.24) is 14.7 Å². The van der Waals surface area contributed by atoms with Gasteiger partial charge < -0.3 is 14.2 Å². The van der Waals surface area contributed by atoms with Gasteiger partial charge in [-0.25, -0.2) is 9.07 Å². The predicted molar refractivity (Wildman–Crippen MR) is 122 cm³/mol. The summed E-state index contributed by atoms with van der Waals surface area (Å²) < 4.78 is 21.0. The van der Waals surface area contributed by atoms with E-state index >= 15 is 0 Å². The first-order valence-electron chi connectivity index (χ1n) is 10.7. The lowest BCUT2D eigenvalue weighted by Gasteiger charge is -2.36. The number of para-hydroxylation sites is 1. The Morgan fingerprint density at radius 1 is 1.00 bits per heavy atom. The van der Waals surface area contributed by atoms with E-state index < -0.39 is 4.92 Å². The number of nitro groups is 1. The van der Waals surface area contributed by atoms with E-state index in [2.05, 4.69) is 5.10 Å². The molecule has 9 nitrogen and oxygen atoms in total. The quantitative estimate of drug-likeness (QED) is 0.327. The Balaban J connectivity index is 1.45. The van der Waals surface area contributed by atoms with Gasteiger partial charge in [0.1, 0.15) is 17.2 Å². The van der Waals surface area contributed by atoms with Crippen LogP contribution in [-0.4, -0.2) is 51.7 Å². The zero-order valence-corrected chi connectivity index (χ0v) is 18.0. The first-order chi connectivity index (χ1) is 16.5. The molecule has 0 bridgehead atoms. The number of furan rings is 1. The third-order valence-corrected chi connectivity index (χ3v) is 5.75. The third-order valence-electron chi connectivity index (χ3n) is 5.75. The van der Waals surface area contributed by atoms with Gasteiger partial charge in [0.25, 0.3) is 11.6 Å². The lowest BCUT2D eigenvalue weighted by Crippen LogP contribution is -2.49. The van der Waals surface area contributed by atoms with Crippen molar-refractivity contribution in [1.29, 1.82) is 0 Å². The average molecular weight is 461 g/mol. The Hall–Kier alpha value is -4.47. The van der Waals surface area contributed by atoms with Crippen LogP contribution in [-0.2, 0) is 0 Å². The number of carbonyl (C=O) groups is 1. The molecule has 1 aliphatic heterocycles. The van der Waals surface area contributed by atoms with Gasteiger partial charge >= 0.3 is 0 Å². The minimum absolute atomic E-state index is 0.107. The monoisotopic (exact) mass is 461 g/mol. The van der Waals surface area contributed by atoms with Gasteiger partial charge in [0, 0.05) is 44.4 Å². The van der Waals surface area contributed by atoms with Crippen molar-refractivity contribution in [2.75, 3.05) is 31.1 Å². The average Bonchev–Trinajstić information content (AvgIpc) is 3.54. The fourth-order valence-corrected chi connectivity index (χ4v) is 4.03. The third kappa shape index (κ3) is 4.01. The highest BCUT2D eigenvalue weighted by Gasteiger charge is 2.28. The molecule has 10 heteroatoms. The molecule has 0 radical (unpaired) electrons. The number of piperazine rings is 1. The SMILES string of the molecule is O=C(c1cc(-c2ccco2)nn1-c1cccc([N+](=O)[O-])c1)N1CCN(c2ccccc2F)CC1. The Bertz CT molecular complexity index is 1340. The lowest BCUT2D eigenvalue weighted by atomic mass is 10.2. The van der Waals surface area contributed by atoms with Crippen LogP contribution < -0.4 is 4.90 Å². The first kappa shape index (κ1) is 21.4. The second-order valence-corrected chi connectivity index (χ2v) is 7.81. The number of nitrogens with zero attached hydrogens (tertiary/aromatic N) is 5. The predicted octanol–water partition coefficient (Wildman–Crippen LogP) is 4.14. The molecule has 0 aliphatic carbocycles. The van der Waals surface area contributed by atoms with E-state index in [1.54, 1.807) is 53.4 Å². The molecule has 3 heterocycles. The molecule has 0 spiro atoms. The molecule has 0 N–H and O–H groups in total. The van der Waals surface area contributed by atoms with E-state index in [4.69, 9.17) is 4.42 Å².